The summed E-state index contributed by atoms with van der Waals surface area (Å²) in [6.45, 7) is 9.60. The normalized spacial score (nSPS) is 43.3. The maximum Gasteiger partial charge on any atom is 0.0752 e. The standard InChI is InChI=1S/C17H28O/c1-12-7-10-17(18-12)11-8-14-6-5-9-16(3,4)15(14)13(17)2/h12-13H,5-11H2,1-4H3/t12-,13-,17-/m0/s1. The molecule has 1 saturated heterocycles. The van der Waals surface area contributed by atoms with Crippen LogP contribution in [0.5, 0.6) is 0 Å². The zero-order valence-electron chi connectivity index (χ0n) is 12.5. The van der Waals surface area contributed by atoms with Crippen molar-refractivity contribution in [2.24, 2.45) is 11.3 Å². The van der Waals surface area contributed by atoms with Gasteiger partial charge in [-0.1, -0.05) is 31.9 Å². The second-order valence-electron chi connectivity index (χ2n) is 7.51. The van der Waals surface area contributed by atoms with Crippen molar-refractivity contribution in [1.82, 2.24) is 0 Å². The fourth-order valence-corrected chi connectivity index (χ4v) is 4.95. The number of hydrogen-bond acceptors (Lipinski definition) is 1. The molecule has 0 N–H and O–H groups in total. The highest BCUT2D eigenvalue weighted by atomic mass is 16.5. The molecule has 1 spiro atoms. The lowest BCUT2D eigenvalue weighted by molar-refractivity contribution is -0.0761. The molecule has 102 valence electrons. The van der Waals surface area contributed by atoms with E-state index in [9.17, 15) is 0 Å². The van der Waals surface area contributed by atoms with Crippen molar-refractivity contribution in [3.05, 3.63) is 11.1 Å². The van der Waals surface area contributed by atoms with Crippen LogP contribution in [0.15, 0.2) is 11.1 Å². The van der Waals surface area contributed by atoms with Crippen molar-refractivity contribution >= 4 is 0 Å². The van der Waals surface area contributed by atoms with Gasteiger partial charge in [0.15, 0.2) is 0 Å². The van der Waals surface area contributed by atoms with Gasteiger partial charge in [0.1, 0.15) is 0 Å². The van der Waals surface area contributed by atoms with E-state index >= 15 is 0 Å². The van der Waals surface area contributed by atoms with Crippen molar-refractivity contribution in [2.75, 3.05) is 0 Å². The fourth-order valence-electron chi connectivity index (χ4n) is 4.95. The van der Waals surface area contributed by atoms with E-state index in [0.29, 0.717) is 17.4 Å². The minimum absolute atomic E-state index is 0.187. The Morgan fingerprint density at radius 1 is 1.06 bits per heavy atom. The number of hydrogen-bond donors (Lipinski definition) is 0. The first kappa shape index (κ1) is 12.7. The van der Waals surface area contributed by atoms with E-state index in [1.54, 1.807) is 11.1 Å². The van der Waals surface area contributed by atoms with Gasteiger partial charge in [0.2, 0.25) is 0 Å². The molecule has 2 aliphatic carbocycles. The molecule has 0 aromatic carbocycles. The molecule has 3 rings (SSSR count). The SMILES string of the molecule is C[C@H]1CC[C@@]2(CCC3=C([C@@H]2C)C(C)(C)CCC3)O1. The maximum absolute atomic E-state index is 6.41. The van der Waals surface area contributed by atoms with Crippen molar-refractivity contribution in [1.29, 1.82) is 0 Å². The van der Waals surface area contributed by atoms with Gasteiger partial charge in [0, 0.05) is 5.92 Å². The van der Waals surface area contributed by atoms with Gasteiger partial charge in [-0.15, -0.1) is 0 Å². The molecular weight excluding hydrogens is 220 g/mol. The Morgan fingerprint density at radius 3 is 2.50 bits per heavy atom. The first-order chi connectivity index (χ1) is 8.45. The van der Waals surface area contributed by atoms with E-state index in [-0.39, 0.29) is 5.60 Å². The van der Waals surface area contributed by atoms with E-state index in [1.807, 2.05) is 0 Å². The minimum Gasteiger partial charge on any atom is -0.371 e. The third kappa shape index (κ3) is 1.78. The number of rotatable bonds is 0. The van der Waals surface area contributed by atoms with Crippen LogP contribution in [0.2, 0.25) is 0 Å². The summed E-state index contributed by atoms with van der Waals surface area (Å²) in [5.74, 6) is 0.640. The molecule has 0 aromatic heterocycles. The molecule has 0 amide bonds. The molecule has 1 fully saturated rings. The molecule has 0 saturated carbocycles. The second-order valence-corrected chi connectivity index (χ2v) is 7.51. The van der Waals surface area contributed by atoms with Crippen molar-refractivity contribution in [3.8, 4) is 0 Å². The van der Waals surface area contributed by atoms with E-state index in [0.717, 1.165) is 0 Å². The van der Waals surface area contributed by atoms with Gasteiger partial charge in [-0.2, -0.15) is 0 Å². The molecule has 1 heterocycles. The lowest BCUT2D eigenvalue weighted by Crippen LogP contribution is -2.44. The highest BCUT2D eigenvalue weighted by Gasteiger charge is 2.50. The van der Waals surface area contributed by atoms with Crippen LogP contribution in [0.3, 0.4) is 0 Å². The Bertz CT molecular complexity index is 379. The quantitative estimate of drug-likeness (QED) is 0.556. The minimum atomic E-state index is 0.187. The molecule has 3 atom stereocenters. The van der Waals surface area contributed by atoms with Gasteiger partial charge in [0.25, 0.3) is 0 Å². The lowest BCUT2D eigenvalue weighted by atomic mass is 9.59. The van der Waals surface area contributed by atoms with Crippen LogP contribution in [0.25, 0.3) is 0 Å². The van der Waals surface area contributed by atoms with Crippen LogP contribution in [0.4, 0.5) is 0 Å². The topological polar surface area (TPSA) is 9.23 Å². The maximum atomic E-state index is 6.41. The first-order valence-electron chi connectivity index (χ1n) is 7.85. The number of ether oxygens (including phenoxy) is 1. The summed E-state index contributed by atoms with van der Waals surface area (Å²) in [5.41, 5.74) is 4.16. The lowest BCUT2D eigenvalue weighted by Gasteiger charge is -2.49. The Kier molecular flexibility index (Phi) is 2.89. The highest BCUT2D eigenvalue weighted by Crippen LogP contribution is 2.55. The van der Waals surface area contributed by atoms with E-state index in [2.05, 4.69) is 27.7 Å². The summed E-state index contributed by atoms with van der Waals surface area (Å²) in [6.07, 6.45) is 9.69. The van der Waals surface area contributed by atoms with Crippen molar-refractivity contribution in [2.45, 2.75) is 84.3 Å². The molecule has 1 heteroatoms. The predicted octanol–water partition coefficient (Wildman–Crippen LogP) is 4.86. The molecular formula is C17H28O. The largest absolute Gasteiger partial charge is 0.371 e. The molecule has 0 radical (unpaired) electrons. The van der Waals surface area contributed by atoms with E-state index in [4.69, 9.17) is 4.74 Å². The third-order valence-corrected chi connectivity index (χ3v) is 5.87. The van der Waals surface area contributed by atoms with E-state index in [1.165, 1.54) is 44.9 Å². The summed E-state index contributed by atoms with van der Waals surface area (Å²) in [4.78, 5) is 0. The average Bonchev–Trinajstić information content (AvgIpc) is 2.66. The van der Waals surface area contributed by atoms with Crippen molar-refractivity contribution in [3.63, 3.8) is 0 Å². The smallest absolute Gasteiger partial charge is 0.0752 e. The average molecular weight is 248 g/mol. The van der Waals surface area contributed by atoms with Gasteiger partial charge in [-0.3, -0.25) is 0 Å². The molecule has 0 unspecified atom stereocenters. The van der Waals surface area contributed by atoms with Crippen LogP contribution in [0.1, 0.15) is 72.6 Å². The van der Waals surface area contributed by atoms with Gasteiger partial charge in [0.05, 0.1) is 11.7 Å². The Labute approximate surface area is 112 Å². The zero-order valence-corrected chi connectivity index (χ0v) is 12.5. The molecule has 1 aliphatic heterocycles. The molecule has 0 aromatic rings. The monoisotopic (exact) mass is 248 g/mol. The van der Waals surface area contributed by atoms with Crippen LogP contribution < -0.4 is 0 Å². The summed E-state index contributed by atoms with van der Waals surface area (Å²) in [5, 5.41) is 0. The molecule has 0 bridgehead atoms. The molecule has 1 nitrogen and oxygen atoms in total. The summed E-state index contributed by atoms with van der Waals surface area (Å²) in [7, 11) is 0. The van der Waals surface area contributed by atoms with Crippen LogP contribution in [0, 0.1) is 11.3 Å². The van der Waals surface area contributed by atoms with Crippen LogP contribution in [-0.2, 0) is 4.74 Å². The van der Waals surface area contributed by atoms with Crippen LogP contribution >= 0.6 is 0 Å². The van der Waals surface area contributed by atoms with Crippen molar-refractivity contribution < 1.29 is 4.74 Å². The summed E-state index contributed by atoms with van der Waals surface area (Å²) < 4.78 is 6.41. The van der Waals surface area contributed by atoms with E-state index < -0.39 is 0 Å². The Hall–Kier alpha value is -0.300. The summed E-state index contributed by atoms with van der Waals surface area (Å²) in [6, 6.07) is 0. The number of allylic oxidation sites excluding steroid dienone is 1. The predicted molar refractivity (Wildman–Crippen MR) is 75.6 cm³/mol. The second kappa shape index (κ2) is 4.10. The Balaban J connectivity index is 1.97. The zero-order chi connectivity index (χ0) is 13.0. The fraction of sp³-hybridized carbons (Fsp3) is 0.882. The summed E-state index contributed by atoms with van der Waals surface area (Å²) >= 11 is 0. The van der Waals surface area contributed by atoms with Gasteiger partial charge in [-0.05, 0) is 57.3 Å². The molecule has 3 aliphatic rings. The third-order valence-electron chi connectivity index (χ3n) is 5.87. The Morgan fingerprint density at radius 2 is 1.83 bits per heavy atom. The van der Waals surface area contributed by atoms with Gasteiger partial charge >= 0.3 is 0 Å². The highest BCUT2D eigenvalue weighted by molar-refractivity contribution is 5.32. The van der Waals surface area contributed by atoms with Crippen LogP contribution in [-0.4, -0.2) is 11.7 Å². The first-order valence-corrected chi connectivity index (χ1v) is 7.85. The molecule has 18 heavy (non-hydrogen) atoms. The van der Waals surface area contributed by atoms with Gasteiger partial charge < -0.3 is 4.74 Å². The van der Waals surface area contributed by atoms with Gasteiger partial charge in [-0.25, -0.2) is 0 Å².